The van der Waals surface area contributed by atoms with Crippen molar-refractivity contribution >= 4 is 47.5 Å². The molecule has 0 aliphatic carbocycles. The Kier molecular flexibility index (Phi) is 11.3. The molecule has 0 radical (unpaired) electrons. The third-order valence-electron chi connectivity index (χ3n) is 5.04. The van der Waals surface area contributed by atoms with Crippen LogP contribution < -0.4 is 15.5 Å². The van der Waals surface area contributed by atoms with E-state index in [0.717, 1.165) is 63.3 Å². The van der Waals surface area contributed by atoms with Gasteiger partial charge in [0.15, 0.2) is 5.96 Å². The number of piperazine rings is 1. The first kappa shape index (κ1) is 24.7. The highest BCUT2D eigenvalue weighted by Crippen LogP contribution is 2.16. The number of hydrogen-bond acceptors (Lipinski definition) is 5. The van der Waals surface area contributed by atoms with E-state index in [9.17, 15) is 0 Å². The molecule has 2 heterocycles. The third kappa shape index (κ3) is 7.96. The minimum atomic E-state index is 0. The van der Waals surface area contributed by atoms with Gasteiger partial charge in [0.2, 0.25) is 0 Å². The van der Waals surface area contributed by atoms with Gasteiger partial charge < -0.3 is 20.4 Å². The van der Waals surface area contributed by atoms with E-state index in [1.54, 1.807) is 0 Å². The fourth-order valence-electron chi connectivity index (χ4n) is 3.30. The molecule has 2 aromatic rings. The number of pyridine rings is 1. The Balaban J connectivity index is 0.00000320. The van der Waals surface area contributed by atoms with Gasteiger partial charge in [0, 0.05) is 63.2 Å². The van der Waals surface area contributed by atoms with E-state index in [0.29, 0.717) is 0 Å². The van der Waals surface area contributed by atoms with Crippen LogP contribution in [0.15, 0.2) is 58.5 Å². The minimum Gasteiger partial charge on any atom is -0.356 e. The molecular formula is C22H33IN6S. The third-order valence-corrected chi connectivity index (χ3v) is 6.06. The molecule has 0 saturated carbocycles. The van der Waals surface area contributed by atoms with Crippen LogP contribution in [0.3, 0.4) is 0 Å². The summed E-state index contributed by atoms with van der Waals surface area (Å²) in [6.07, 6.45) is 1.91. The van der Waals surface area contributed by atoms with Gasteiger partial charge in [-0.05, 0) is 36.4 Å². The van der Waals surface area contributed by atoms with Crippen LogP contribution in [0.25, 0.3) is 0 Å². The molecule has 1 aromatic carbocycles. The number of hydrogen-bond donors (Lipinski definition) is 2. The van der Waals surface area contributed by atoms with Gasteiger partial charge >= 0.3 is 0 Å². The number of guanidine groups is 1. The molecule has 1 fully saturated rings. The van der Waals surface area contributed by atoms with E-state index in [-0.39, 0.29) is 24.0 Å². The summed E-state index contributed by atoms with van der Waals surface area (Å²) in [5, 5.41) is 6.79. The molecule has 0 spiro atoms. The van der Waals surface area contributed by atoms with Crippen LogP contribution in [0.1, 0.15) is 12.5 Å². The highest BCUT2D eigenvalue weighted by Gasteiger charge is 2.16. The summed E-state index contributed by atoms with van der Waals surface area (Å²) in [4.78, 5) is 15.1. The van der Waals surface area contributed by atoms with Gasteiger partial charge in [0.1, 0.15) is 5.82 Å². The smallest absolute Gasteiger partial charge is 0.191 e. The molecule has 1 aromatic heterocycles. The Morgan fingerprint density at radius 1 is 1.10 bits per heavy atom. The molecule has 30 heavy (non-hydrogen) atoms. The first-order valence-electron chi connectivity index (χ1n) is 10.3. The topological polar surface area (TPSA) is 55.8 Å². The van der Waals surface area contributed by atoms with Crippen LogP contribution in [0.4, 0.5) is 5.82 Å². The summed E-state index contributed by atoms with van der Waals surface area (Å²) < 4.78 is 0. The number of likely N-dealkylation sites (N-methyl/N-ethyl adjacent to an activating group) is 1. The normalized spacial score (nSPS) is 14.9. The molecule has 2 N–H and O–H groups in total. The van der Waals surface area contributed by atoms with Gasteiger partial charge in [0.05, 0.1) is 0 Å². The maximum Gasteiger partial charge on any atom is 0.191 e. The second kappa shape index (κ2) is 13.7. The molecular weight excluding hydrogens is 507 g/mol. The lowest BCUT2D eigenvalue weighted by molar-refractivity contribution is 0.270. The van der Waals surface area contributed by atoms with Crippen LogP contribution in [-0.2, 0) is 6.54 Å². The van der Waals surface area contributed by atoms with E-state index < -0.39 is 0 Å². The number of nitrogens with one attached hydrogen (secondary N) is 2. The van der Waals surface area contributed by atoms with Crippen molar-refractivity contribution in [3.8, 4) is 0 Å². The molecule has 8 heteroatoms. The number of benzene rings is 1. The largest absolute Gasteiger partial charge is 0.356 e. The molecule has 1 aliphatic rings. The summed E-state index contributed by atoms with van der Waals surface area (Å²) in [6, 6.07) is 14.7. The van der Waals surface area contributed by atoms with E-state index in [1.165, 1.54) is 10.5 Å². The average molecular weight is 541 g/mol. The van der Waals surface area contributed by atoms with Gasteiger partial charge in [0.25, 0.3) is 0 Å². The van der Waals surface area contributed by atoms with Crippen LogP contribution in [0.5, 0.6) is 0 Å². The quantitative estimate of drug-likeness (QED) is 0.176. The Hall–Kier alpha value is -1.52. The Bertz CT molecular complexity index is 765. The van der Waals surface area contributed by atoms with E-state index in [2.05, 4.69) is 73.7 Å². The number of rotatable bonds is 8. The molecule has 164 valence electrons. The van der Waals surface area contributed by atoms with Crippen molar-refractivity contribution in [1.29, 1.82) is 0 Å². The lowest BCUT2D eigenvalue weighted by Crippen LogP contribution is -2.46. The number of anilines is 1. The Labute approximate surface area is 201 Å². The zero-order valence-electron chi connectivity index (χ0n) is 17.9. The van der Waals surface area contributed by atoms with E-state index in [4.69, 9.17) is 0 Å². The Morgan fingerprint density at radius 2 is 1.87 bits per heavy atom. The number of aliphatic imine (C=N–C) groups is 1. The van der Waals surface area contributed by atoms with Crippen molar-refractivity contribution in [3.63, 3.8) is 0 Å². The zero-order chi connectivity index (χ0) is 20.3. The van der Waals surface area contributed by atoms with Crippen molar-refractivity contribution in [2.75, 3.05) is 57.0 Å². The fourth-order valence-corrected chi connectivity index (χ4v) is 4.09. The van der Waals surface area contributed by atoms with Gasteiger partial charge in [-0.1, -0.05) is 25.1 Å². The average Bonchev–Trinajstić information content (AvgIpc) is 2.79. The SMILES string of the molecule is CCN1CCN(c2cc(CNC(=NC)NCCSc3ccccc3)ccn2)CC1.I. The molecule has 1 saturated heterocycles. The molecule has 0 amide bonds. The van der Waals surface area contributed by atoms with Crippen LogP contribution in [0, 0.1) is 0 Å². The minimum absolute atomic E-state index is 0. The molecule has 1 aliphatic heterocycles. The van der Waals surface area contributed by atoms with Crippen molar-refractivity contribution in [1.82, 2.24) is 20.5 Å². The van der Waals surface area contributed by atoms with Gasteiger partial charge in [-0.25, -0.2) is 4.98 Å². The van der Waals surface area contributed by atoms with Crippen molar-refractivity contribution < 1.29 is 0 Å². The first-order chi connectivity index (χ1) is 14.3. The summed E-state index contributed by atoms with van der Waals surface area (Å²) in [5.74, 6) is 2.89. The summed E-state index contributed by atoms with van der Waals surface area (Å²) in [6.45, 7) is 9.25. The van der Waals surface area contributed by atoms with Crippen LogP contribution >= 0.6 is 35.7 Å². The lowest BCUT2D eigenvalue weighted by Gasteiger charge is -2.34. The standard InChI is InChI=1S/C22H32N6S.HI/c1-3-27-12-14-28(15-13-27)21-17-19(9-10-24-21)18-26-22(23-2)25-11-16-29-20-7-5-4-6-8-20;/h4-10,17H,3,11-16,18H2,1-2H3,(H2,23,25,26);1H. The van der Waals surface area contributed by atoms with E-state index >= 15 is 0 Å². The summed E-state index contributed by atoms with van der Waals surface area (Å²) in [5.41, 5.74) is 1.22. The van der Waals surface area contributed by atoms with Crippen molar-refractivity contribution in [2.24, 2.45) is 4.99 Å². The number of aromatic nitrogens is 1. The fraction of sp³-hybridized carbons (Fsp3) is 0.455. The summed E-state index contributed by atoms with van der Waals surface area (Å²) in [7, 11) is 1.81. The van der Waals surface area contributed by atoms with E-state index in [1.807, 2.05) is 31.1 Å². The summed E-state index contributed by atoms with van der Waals surface area (Å²) >= 11 is 1.84. The number of nitrogens with zero attached hydrogens (tertiary/aromatic N) is 4. The van der Waals surface area contributed by atoms with Crippen molar-refractivity contribution in [3.05, 3.63) is 54.2 Å². The van der Waals surface area contributed by atoms with Crippen LogP contribution in [-0.4, -0.2) is 67.9 Å². The monoisotopic (exact) mass is 540 g/mol. The maximum absolute atomic E-state index is 4.58. The molecule has 6 nitrogen and oxygen atoms in total. The van der Waals surface area contributed by atoms with Crippen LogP contribution in [0.2, 0.25) is 0 Å². The zero-order valence-corrected chi connectivity index (χ0v) is 21.0. The molecule has 3 rings (SSSR count). The number of halogens is 1. The predicted octanol–water partition coefficient (Wildman–Crippen LogP) is 3.30. The second-order valence-electron chi connectivity index (χ2n) is 6.96. The van der Waals surface area contributed by atoms with Gasteiger partial charge in [-0.2, -0.15) is 0 Å². The Morgan fingerprint density at radius 3 is 2.57 bits per heavy atom. The second-order valence-corrected chi connectivity index (χ2v) is 8.13. The highest BCUT2D eigenvalue weighted by atomic mass is 127. The predicted molar refractivity (Wildman–Crippen MR) is 139 cm³/mol. The maximum atomic E-state index is 4.58. The van der Waals surface area contributed by atoms with Gasteiger partial charge in [-0.15, -0.1) is 35.7 Å². The number of thioether (sulfide) groups is 1. The van der Waals surface area contributed by atoms with Gasteiger partial charge in [-0.3, -0.25) is 4.99 Å². The lowest BCUT2D eigenvalue weighted by atomic mass is 10.2. The molecule has 0 unspecified atom stereocenters. The highest BCUT2D eigenvalue weighted by molar-refractivity contribution is 14.0. The van der Waals surface area contributed by atoms with Crippen molar-refractivity contribution in [2.45, 2.75) is 18.4 Å². The first-order valence-corrected chi connectivity index (χ1v) is 11.3. The molecule has 0 bridgehead atoms. The molecule has 0 atom stereocenters.